The Morgan fingerprint density at radius 2 is 1.93 bits per heavy atom. The Hall–Kier alpha value is -2.73. The standard InChI is InChI=1S/C22H26ClNO5/c1-5-6-10-28-21-17(23)11-16(12-19(21)27-4)22(26)29-13-20(25)24-18-9-7-8-14(2)15(18)3/h7-9,11-12H,5-6,10,13H2,1-4H3,(H,24,25). The van der Waals surface area contributed by atoms with Crippen LogP contribution in [-0.2, 0) is 9.53 Å². The number of unbranched alkanes of at least 4 members (excludes halogenated alkanes) is 1. The summed E-state index contributed by atoms with van der Waals surface area (Å²) in [6.07, 6.45) is 1.85. The summed E-state index contributed by atoms with van der Waals surface area (Å²) in [4.78, 5) is 24.5. The van der Waals surface area contributed by atoms with Crippen LogP contribution in [0.2, 0.25) is 5.02 Å². The first-order chi connectivity index (χ1) is 13.9. The maximum absolute atomic E-state index is 12.4. The number of ether oxygens (including phenoxy) is 3. The number of nitrogens with one attached hydrogen (secondary N) is 1. The molecule has 1 N–H and O–H groups in total. The van der Waals surface area contributed by atoms with Gasteiger partial charge in [-0.15, -0.1) is 0 Å². The molecule has 0 saturated carbocycles. The molecule has 0 aromatic heterocycles. The van der Waals surface area contributed by atoms with E-state index in [4.69, 9.17) is 25.8 Å². The van der Waals surface area contributed by atoms with E-state index in [0.29, 0.717) is 23.8 Å². The molecule has 0 unspecified atom stereocenters. The van der Waals surface area contributed by atoms with Crippen molar-refractivity contribution in [1.82, 2.24) is 0 Å². The molecule has 0 radical (unpaired) electrons. The van der Waals surface area contributed by atoms with Crippen molar-refractivity contribution >= 4 is 29.2 Å². The van der Waals surface area contributed by atoms with Crippen LogP contribution in [0.4, 0.5) is 5.69 Å². The molecular formula is C22H26ClNO5. The zero-order chi connectivity index (χ0) is 21.4. The van der Waals surface area contributed by atoms with Gasteiger partial charge in [0.1, 0.15) is 0 Å². The fraction of sp³-hybridized carbons (Fsp3) is 0.364. The molecule has 7 heteroatoms. The first kappa shape index (κ1) is 22.6. The van der Waals surface area contributed by atoms with E-state index in [1.54, 1.807) is 6.07 Å². The van der Waals surface area contributed by atoms with E-state index in [1.807, 2.05) is 26.0 Å². The number of hydrogen-bond donors (Lipinski definition) is 1. The van der Waals surface area contributed by atoms with Crippen molar-refractivity contribution in [3.63, 3.8) is 0 Å². The number of benzene rings is 2. The van der Waals surface area contributed by atoms with E-state index in [1.165, 1.54) is 19.2 Å². The molecule has 0 aliphatic rings. The fourth-order valence-corrected chi connectivity index (χ4v) is 2.85. The van der Waals surface area contributed by atoms with Gasteiger partial charge in [0.15, 0.2) is 18.1 Å². The molecule has 2 aromatic rings. The minimum Gasteiger partial charge on any atom is -0.493 e. The molecule has 0 atom stereocenters. The van der Waals surface area contributed by atoms with Gasteiger partial charge in [-0.3, -0.25) is 4.79 Å². The number of anilines is 1. The van der Waals surface area contributed by atoms with Gasteiger partial charge in [-0.05, 0) is 49.6 Å². The van der Waals surface area contributed by atoms with Gasteiger partial charge < -0.3 is 19.5 Å². The van der Waals surface area contributed by atoms with Gasteiger partial charge in [-0.2, -0.15) is 0 Å². The molecule has 0 fully saturated rings. The van der Waals surface area contributed by atoms with Crippen LogP contribution in [0.1, 0.15) is 41.3 Å². The van der Waals surface area contributed by atoms with E-state index < -0.39 is 18.5 Å². The second-order valence-corrected chi connectivity index (χ2v) is 6.97. The summed E-state index contributed by atoms with van der Waals surface area (Å²) in [5.74, 6) is -0.390. The molecule has 156 valence electrons. The summed E-state index contributed by atoms with van der Waals surface area (Å²) in [5.41, 5.74) is 2.88. The number of carbonyl (C=O) groups is 2. The molecular weight excluding hydrogens is 394 g/mol. The third kappa shape index (κ3) is 6.12. The van der Waals surface area contributed by atoms with E-state index in [-0.39, 0.29) is 10.6 Å². The minimum absolute atomic E-state index is 0.175. The van der Waals surface area contributed by atoms with Crippen molar-refractivity contribution in [2.75, 3.05) is 25.6 Å². The first-order valence-corrected chi connectivity index (χ1v) is 9.78. The topological polar surface area (TPSA) is 73.9 Å². The highest BCUT2D eigenvalue weighted by Crippen LogP contribution is 2.36. The summed E-state index contributed by atoms with van der Waals surface area (Å²) < 4.78 is 16.0. The molecule has 29 heavy (non-hydrogen) atoms. The number of rotatable bonds is 9. The van der Waals surface area contributed by atoms with E-state index >= 15 is 0 Å². The Morgan fingerprint density at radius 3 is 2.62 bits per heavy atom. The predicted molar refractivity (Wildman–Crippen MR) is 113 cm³/mol. The second kappa shape index (κ2) is 10.7. The smallest absolute Gasteiger partial charge is 0.338 e. The monoisotopic (exact) mass is 419 g/mol. The third-order valence-corrected chi connectivity index (χ3v) is 4.70. The Labute approximate surface area is 176 Å². The van der Waals surface area contributed by atoms with Gasteiger partial charge in [0.05, 0.1) is 24.3 Å². The largest absolute Gasteiger partial charge is 0.493 e. The Bertz CT molecular complexity index is 882. The number of amides is 1. The van der Waals surface area contributed by atoms with Gasteiger partial charge in [0.2, 0.25) is 0 Å². The second-order valence-electron chi connectivity index (χ2n) is 6.56. The molecule has 0 aliphatic carbocycles. The van der Waals surface area contributed by atoms with Crippen molar-refractivity contribution in [3.8, 4) is 11.5 Å². The Morgan fingerprint density at radius 1 is 1.17 bits per heavy atom. The Balaban J connectivity index is 2.02. The minimum atomic E-state index is -0.679. The third-order valence-electron chi connectivity index (χ3n) is 4.42. The molecule has 6 nitrogen and oxygen atoms in total. The highest BCUT2D eigenvalue weighted by molar-refractivity contribution is 6.32. The summed E-state index contributed by atoms with van der Waals surface area (Å²) in [6.45, 7) is 6.00. The van der Waals surface area contributed by atoms with Crippen molar-refractivity contribution in [3.05, 3.63) is 52.0 Å². The van der Waals surface area contributed by atoms with Crippen molar-refractivity contribution in [2.45, 2.75) is 33.6 Å². The van der Waals surface area contributed by atoms with Gasteiger partial charge in [-0.1, -0.05) is 37.1 Å². The highest BCUT2D eigenvalue weighted by Gasteiger charge is 2.18. The normalized spacial score (nSPS) is 10.4. The predicted octanol–water partition coefficient (Wildman–Crippen LogP) is 4.94. The maximum atomic E-state index is 12.4. The molecule has 0 aliphatic heterocycles. The van der Waals surface area contributed by atoms with Gasteiger partial charge in [0, 0.05) is 5.69 Å². The fourth-order valence-electron chi connectivity index (χ4n) is 2.58. The van der Waals surface area contributed by atoms with E-state index in [0.717, 1.165) is 24.0 Å². The molecule has 0 saturated heterocycles. The lowest BCUT2D eigenvalue weighted by atomic mass is 10.1. The van der Waals surface area contributed by atoms with Crippen molar-refractivity contribution in [2.24, 2.45) is 0 Å². The maximum Gasteiger partial charge on any atom is 0.338 e. The van der Waals surface area contributed by atoms with Crippen molar-refractivity contribution in [1.29, 1.82) is 0 Å². The summed E-state index contributed by atoms with van der Waals surface area (Å²) in [5, 5.41) is 2.99. The molecule has 2 rings (SSSR count). The average molecular weight is 420 g/mol. The number of esters is 1. The number of halogens is 1. The zero-order valence-electron chi connectivity index (χ0n) is 17.1. The lowest BCUT2D eigenvalue weighted by Crippen LogP contribution is -2.21. The summed E-state index contributed by atoms with van der Waals surface area (Å²) in [6, 6.07) is 8.53. The quantitative estimate of drug-likeness (QED) is 0.460. The number of methoxy groups -OCH3 is 1. The average Bonchev–Trinajstić information content (AvgIpc) is 2.70. The van der Waals surface area contributed by atoms with Gasteiger partial charge in [0.25, 0.3) is 5.91 Å². The SMILES string of the molecule is CCCCOc1c(Cl)cc(C(=O)OCC(=O)Nc2cccc(C)c2C)cc1OC. The Kier molecular flexibility index (Phi) is 8.34. The van der Waals surface area contributed by atoms with Crippen LogP contribution in [0.25, 0.3) is 0 Å². The summed E-state index contributed by atoms with van der Waals surface area (Å²) >= 11 is 6.25. The van der Waals surface area contributed by atoms with E-state index in [2.05, 4.69) is 12.2 Å². The van der Waals surface area contributed by atoms with Crippen molar-refractivity contribution < 1.29 is 23.8 Å². The molecule has 0 heterocycles. The van der Waals surface area contributed by atoms with Gasteiger partial charge in [-0.25, -0.2) is 4.79 Å². The molecule has 2 aromatic carbocycles. The number of aryl methyl sites for hydroxylation is 1. The van der Waals surface area contributed by atoms with Gasteiger partial charge >= 0.3 is 5.97 Å². The van der Waals surface area contributed by atoms with Crippen LogP contribution >= 0.6 is 11.6 Å². The van der Waals surface area contributed by atoms with Crippen LogP contribution in [0, 0.1) is 13.8 Å². The van der Waals surface area contributed by atoms with Crippen LogP contribution in [0.5, 0.6) is 11.5 Å². The van der Waals surface area contributed by atoms with Crippen LogP contribution < -0.4 is 14.8 Å². The highest BCUT2D eigenvalue weighted by atomic mass is 35.5. The lowest BCUT2D eigenvalue weighted by Gasteiger charge is -2.14. The van der Waals surface area contributed by atoms with E-state index in [9.17, 15) is 9.59 Å². The lowest BCUT2D eigenvalue weighted by molar-refractivity contribution is -0.119. The number of hydrogen-bond acceptors (Lipinski definition) is 5. The molecule has 0 bridgehead atoms. The number of carbonyl (C=O) groups excluding carboxylic acids is 2. The molecule has 0 spiro atoms. The zero-order valence-corrected chi connectivity index (χ0v) is 17.9. The first-order valence-electron chi connectivity index (χ1n) is 9.40. The van der Waals surface area contributed by atoms with Crippen LogP contribution in [-0.4, -0.2) is 32.2 Å². The summed E-state index contributed by atoms with van der Waals surface area (Å²) in [7, 11) is 1.46. The van der Waals surface area contributed by atoms with Crippen LogP contribution in [0.15, 0.2) is 30.3 Å². The van der Waals surface area contributed by atoms with Crippen LogP contribution in [0.3, 0.4) is 0 Å². The molecule has 1 amide bonds.